The van der Waals surface area contributed by atoms with Gasteiger partial charge in [-0.05, 0) is 49.3 Å². The van der Waals surface area contributed by atoms with Crippen LogP contribution in [0.15, 0.2) is 18.2 Å². The summed E-state index contributed by atoms with van der Waals surface area (Å²) >= 11 is 0. The summed E-state index contributed by atoms with van der Waals surface area (Å²) in [5.41, 5.74) is 3.68. The van der Waals surface area contributed by atoms with Gasteiger partial charge in [0.2, 0.25) is 0 Å². The van der Waals surface area contributed by atoms with E-state index in [-0.39, 0.29) is 5.78 Å². The normalized spacial score (nSPS) is 18.1. The Morgan fingerprint density at radius 3 is 2.56 bits per heavy atom. The van der Waals surface area contributed by atoms with E-state index in [9.17, 15) is 4.79 Å². The number of benzene rings is 1. The summed E-state index contributed by atoms with van der Waals surface area (Å²) in [6.45, 7) is 7.93. The van der Waals surface area contributed by atoms with Crippen molar-refractivity contribution in [2.45, 2.75) is 47.0 Å². The number of ketones is 1. The van der Waals surface area contributed by atoms with Gasteiger partial charge in [-0.25, -0.2) is 0 Å². The third kappa shape index (κ3) is 2.94. The number of aryl methyl sites for hydroxylation is 1. The summed E-state index contributed by atoms with van der Waals surface area (Å²) < 4.78 is 0. The molecular formula is C15H22O. The van der Waals surface area contributed by atoms with E-state index >= 15 is 0 Å². The van der Waals surface area contributed by atoms with Crippen LogP contribution >= 0.6 is 0 Å². The highest BCUT2D eigenvalue weighted by Gasteiger charge is 2.15. The smallest absolute Gasteiger partial charge is 0.159 e. The zero-order valence-electron chi connectivity index (χ0n) is 10.8. The van der Waals surface area contributed by atoms with Crippen LogP contribution in [-0.4, -0.2) is 5.78 Å². The quantitative estimate of drug-likeness (QED) is 0.650. The van der Waals surface area contributed by atoms with Crippen molar-refractivity contribution in [2.24, 2.45) is 5.92 Å². The van der Waals surface area contributed by atoms with Gasteiger partial charge in [-0.2, -0.15) is 0 Å². The Labute approximate surface area is 98.9 Å². The topological polar surface area (TPSA) is 17.1 Å². The summed E-state index contributed by atoms with van der Waals surface area (Å²) in [5.74, 6) is 0.970. The maximum Gasteiger partial charge on any atom is 0.159 e. The number of Topliss-reactive ketones (excluding diaryl/α,β-unsaturated/α-hetero) is 1. The minimum atomic E-state index is 0.173. The second-order valence-corrected chi connectivity index (χ2v) is 4.39. The lowest BCUT2D eigenvalue weighted by molar-refractivity contribution is 0.101. The highest BCUT2D eigenvalue weighted by molar-refractivity contribution is 5.94. The fourth-order valence-electron chi connectivity index (χ4n) is 2.16. The first-order valence-corrected chi connectivity index (χ1v) is 6.29. The second kappa shape index (κ2) is 5.83. The van der Waals surface area contributed by atoms with Gasteiger partial charge >= 0.3 is 0 Å². The van der Waals surface area contributed by atoms with Crippen molar-refractivity contribution in [1.29, 1.82) is 0 Å². The Morgan fingerprint density at radius 2 is 1.94 bits per heavy atom. The minimum absolute atomic E-state index is 0.173. The lowest BCUT2D eigenvalue weighted by Crippen LogP contribution is -2.11. The molecule has 1 unspecified atom stereocenters. The second-order valence-electron chi connectivity index (χ2n) is 4.39. The molecule has 0 spiro atoms. The lowest BCUT2D eigenvalue weighted by Gasteiger charge is -2.21. The number of fused-ring (bicyclic) bond motifs is 1. The van der Waals surface area contributed by atoms with Gasteiger partial charge in [-0.15, -0.1) is 0 Å². The van der Waals surface area contributed by atoms with Gasteiger partial charge in [0.15, 0.2) is 5.78 Å². The van der Waals surface area contributed by atoms with Crippen LogP contribution < -0.4 is 0 Å². The highest BCUT2D eigenvalue weighted by atomic mass is 16.1. The summed E-state index contributed by atoms with van der Waals surface area (Å²) in [5, 5.41) is 0. The third-order valence-electron chi connectivity index (χ3n) is 3.09. The molecule has 0 amide bonds. The van der Waals surface area contributed by atoms with Crippen molar-refractivity contribution < 1.29 is 4.79 Å². The van der Waals surface area contributed by atoms with Crippen molar-refractivity contribution in [3.8, 4) is 0 Å². The van der Waals surface area contributed by atoms with E-state index in [4.69, 9.17) is 0 Å². The number of hydrogen-bond acceptors (Lipinski definition) is 1. The number of hydrogen-bond donors (Lipinski definition) is 0. The molecule has 1 aliphatic rings. The molecule has 0 aromatic heterocycles. The summed E-state index contributed by atoms with van der Waals surface area (Å²) in [4.78, 5) is 11.2. The van der Waals surface area contributed by atoms with Gasteiger partial charge in [-0.1, -0.05) is 32.9 Å². The highest BCUT2D eigenvalue weighted by Crippen LogP contribution is 2.25. The van der Waals surface area contributed by atoms with Gasteiger partial charge in [0.05, 0.1) is 0 Å². The molecule has 0 N–H and O–H groups in total. The molecule has 1 aromatic carbocycles. The maximum atomic E-state index is 11.2. The summed E-state index contributed by atoms with van der Waals surface area (Å²) in [6, 6.07) is 6.16. The summed E-state index contributed by atoms with van der Waals surface area (Å²) in [6.07, 6.45) is 3.57. The Morgan fingerprint density at radius 1 is 1.25 bits per heavy atom. The predicted molar refractivity (Wildman–Crippen MR) is 69.0 cm³/mol. The Kier molecular flexibility index (Phi) is 4.72. The molecule has 0 aliphatic heterocycles. The van der Waals surface area contributed by atoms with Crippen LogP contribution in [0.25, 0.3) is 0 Å². The van der Waals surface area contributed by atoms with Crippen molar-refractivity contribution in [2.75, 3.05) is 0 Å². The monoisotopic (exact) mass is 218 g/mol. The minimum Gasteiger partial charge on any atom is -0.295 e. The van der Waals surface area contributed by atoms with E-state index in [2.05, 4.69) is 19.1 Å². The molecule has 1 heteroatoms. The van der Waals surface area contributed by atoms with Crippen LogP contribution in [0.3, 0.4) is 0 Å². The molecular weight excluding hydrogens is 196 g/mol. The first kappa shape index (κ1) is 13.0. The van der Waals surface area contributed by atoms with E-state index in [0.717, 1.165) is 17.9 Å². The molecule has 1 aromatic rings. The fraction of sp³-hybridized carbons (Fsp3) is 0.533. The maximum absolute atomic E-state index is 11.2. The van der Waals surface area contributed by atoms with Crippen LogP contribution in [-0.2, 0) is 12.8 Å². The number of carbonyl (C=O) groups is 1. The van der Waals surface area contributed by atoms with E-state index in [0.29, 0.717) is 0 Å². The van der Waals surface area contributed by atoms with E-state index in [1.165, 1.54) is 24.0 Å². The predicted octanol–water partition coefficient (Wildman–Crippen LogP) is 4.04. The Bertz CT molecular complexity index is 366. The summed E-state index contributed by atoms with van der Waals surface area (Å²) in [7, 11) is 0. The molecule has 0 bridgehead atoms. The van der Waals surface area contributed by atoms with Crippen LogP contribution in [0.1, 0.15) is 55.6 Å². The number of rotatable bonds is 1. The van der Waals surface area contributed by atoms with Crippen molar-refractivity contribution in [1.82, 2.24) is 0 Å². The van der Waals surface area contributed by atoms with Gasteiger partial charge in [0.25, 0.3) is 0 Å². The molecule has 1 nitrogen and oxygen atoms in total. The Hall–Kier alpha value is -1.11. The molecule has 1 aliphatic carbocycles. The van der Waals surface area contributed by atoms with Crippen LogP contribution in [0.4, 0.5) is 0 Å². The standard InChI is InChI=1S/C13H16O.C2H6/c1-9-3-4-13-8-11(10(2)14)5-6-12(13)7-9;1-2/h5-6,8-9H,3-4,7H2,1-2H3;1-2H3. The van der Waals surface area contributed by atoms with Gasteiger partial charge in [-0.3, -0.25) is 4.79 Å². The SMILES string of the molecule is CC.CC(=O)c1ccc2c(c1)CCC(C)C2. The molecule has 0 heterocycles. The average Bonchev–Trinajstić information content (AvgIpc) is 2.30. The van der Waals surface area contributed by atoms with Crippen LogP contribution in [0, 0.1) is 5.92 Å². The van der Waals surface area contributed by atoms with Gasteiger partial charge < -0.3 is 0 Å². The van der Waals surface area contributed by atoms with Gasteiger partial charge in [0, 0.05) is 5.56 Å². The van der Waals surface area contributed by atoms with Crippen molar-refractivity contribution >= 4 is 5.78 Å². The molecule has 1 atom stereocenters. The van der Waals surface area contributed by atoms with Crippen molar-refractivity contribution in [3.05, 3.63) is 34.9 Å². The van der Waals surface area contributed by atoms with Crippen LogP contribution in [0.2, 0.25) is 0 Å². The first-order chi connectivity index (χ1) is 7.66. The molecule has 0 fully saturated rings. The van der Waals surface area contributed by atoms with Crippen molar-refractivity contribution in [3.63, 3.8) is 0 Å². The molecule has 88 valence electrons. The lowest BCUT2D eigenvalue weighted by atomic mass is 9.84. The fourth-order valence-corrected chi connectivity index (χ4v) is 2.16. The average molecular weight is 218 g/mol. The number of carbonyl (C=O) groups excluding carboxylic acids is 1. The van der Waals surface area contributed by atoms with Gasteiger partial charge in [0.1, 0.15) is 0 Å². The molecule has 2 rings (SSSR count). The zero-order valence-corrected chi connectivity index (χ0v) is 10.8. The molecule has 0 radical (unpaired) electrons. The van der Waals surface area contributed by atoms with E-state index < -0.39 is 0 Å². The Balaban J connectivity index is 0.000000606. The zero-order chi connectivity index (χ0) is 12.1. The molecule has 16 heavy (non-hydrogen) atoms. The van der Waals surface area contributed by atoms with E-state index in [1.807, 2.05) is 19.9 Å². The van der Waals surface area contributed by atoms with Crippen LogP contribution in [0.5, 0.6) is 0 Å². The molecule has 0 saturated carbocycles. The molecule has 0 saturated heterocycles. The largest absolute Gasteiger partial charge is 0.295 e. The van der Waals surface area contributed by atoms with E-state index in [1.54, 1.807) is 6.92 Å². The first-order valence-electron chi connectivity index (χ1n) is 6.29. The third-order valence-corrected chi connectivity index (χ3v) is 3.09.